The van der Waals surface area contributed by atoms with Gasteiger partial charge in [-0.3, -0.25) is 10.2 Å². The van der Waals surface area contributed by atoms with Crippen LogP contribution in [0.1, 0.15) is 37.3 Å². The van der Waals surface area contributed by atoms with Crippen LogP contribution in [0.3, 0.4) is 0 Å². The molecule has 2 aromatic rings. The van der Waals surface area contributed by atoms with Crippen molar-refractivity contribution < 1.29 is 9.53 Å². The number of amides is 1. The number of carbonyl (C=O) groups excluding carboxylic acids is 1. The van der Waals surface area contributed by atoms with Gasteiger partial charge in [-0.25, -0.2) is 4.79 Å². The standard InChI is InChI=1S/C21H26N2O2/c1-16(2)19-10-6-7-11-20(19)22-21(24)25-18-12-13-23(15-18)14-17-8-4-3-5-9-17/h3-11,16,18H,12-15H2,1-2H3,(H,22,24). The maximum Gasteiger partial charge on any atom is 0.411 e. The minimum absolute atomic E-state index is 0.0464. The zero-order valence-corrected chi connectivity index (χ0v) is 14.9. The zero-order chi connectivity index (χ0) is 17.6. The van der Waals surface area contributed by atoms with Crippen molar-refractivity contribution in [3.05, 3.63) is 65.7 Å². The first-order valence-electron chi connectivity index (χ1n) is 8.94. The first kappa shape index (κ1) is 17.5. The molecule has 0 radical (unpaired) electrons. The molecule has 1 aliphatic heterocycles. The molecule has 1 heterocycles. The van der Waals surface area contributed by atoms with Crippen molar-refractivity contribution in [1.29, 1.82) is 0 Å². The Balaban J connectivity index is 1.51. The van der Waals surface area contributed by atoms with Crippen LogP contribution in [0.4, 0.5) is 10.5 Å². The fourth-order valence-electron chi connectivity index (χ4n) is 3.28. The molecule has 1 saturated heterocycles. The predicted octanol–water partition coefficient (Wildman–Crippen LogP) is 4.63. The van der Waals surface area contributed by atoms with E-state index in [1.807, 2.05) is 30.3 Å². The Morgan fingerprint density at radius 2 is 1.88 bits per heavy atom. The molecule has 0 aromatic heterocycles. The number of para-hydroxylation sites is 1. The van der Waals surface area contributed by atoms with E-state index in [0.717, 1.165) is 37.3 Å². The molecule has 1 aliphatic rings. The molecule has 1 amide bonds. The Kier molecular flexibility index (Phi) is 5.71. The SMILES string of the molecule is CC(C)c1ccccc1NC(=O)OC1CCN(Cc2ccccc2)C1. The largest absolute Gasteiger partial charge is 0.445 e. The van der Waals surface area contributed by atoms with Gasteiger partial charge >= 0.3 is 6.09 Å². The summed E-state index contributed by atoms with van der Waals surface area (Å²) in [6.07, 6.45) is 0.473. The highest BCUT2D eigenvalue weighted by Crippen LogP contribution is 2.24. The quantitative estimate of drug-likeness (QED) is 0.864. The number of likely N-dealkylation sites (tertiary alicyclic amines) is 1. The number of nitrogens with one attached hydrogen (secondary N) is 1. The molecule has 0 bridgehead atoms. The Labute approximate surface area is 149 Å². The van der Waals surface area contributed by atoms with Gasteiger partial charge in [0.2, 0.25) is 0 Å². The van der Waals surface area contributed by atoms with Gasteiger partial charge in [-0.1, -0.05) is 62.4 Å². The lowest BCUT2D eigenvalue weighted by Gasteiger charge is -2.17. The minimum atomic E-state index is -0.361. The van der Waals surface area contributed by atoms with E-state index < -0.39 is 0 Å². The molecule has 0 aliphatic carbocycles. The molecule has 25 heavy (non-hydrogen) atoms. The summed E-state index contributed by atoms with van der Waals surface area (Å²) in [6, 6.07) is 18.3. The van der Waals surface area contributed by atoms with Crippen LogP contribution in [0.5, 0.6) is 0 Å². The molecule has 1 atom stereocenters. The van der Waals surface area contributed by atoms with Crippen molar-refractivity contribution in [3.63, 3.8) is 0 Å². The molecule has 1 N–H and O–H groups in total. The molecule has 1 unspecified atom stereocenters. The van der Waals surface area contributed by atoms with Gasteiger partial charge in [0.25, 0.3) is 0 Å². The number of hydrogen-bond acceptors (Lipinski definition) is 3. The van der Waals surface area contributed by atoms with Crippen molar-refractivity contribution in [1.82, 2.24) is 4.90 Å². The number of carbonyl (C=O) groups is 1. The van der Waals surface area contributed by atoms with Gasteiger partial charge < -0.3 is 4.74 Å². The number of ether oxygens (including phenoxy) is 1. The van der Waals surface area contributed by atoms with Gasteiger partial charge in [0.05, 0.1) is 0 Å². The van der Waals surface area contributed by atoms with Crippen LogP contribution in [0.2, 0.25) is 0 Å². The van der Waals surface area contributed by atoms with Crippen LogP contribution >= 0.6 is 0 Å². The van der Waals surface area contributed by atoms with Crippen molar-refractivity contribution >= 4 is 11.8 Å². The summed E-state index contributed by atoms with van der Waals surface area (Å²) in [5, 5.41) is 2.90. The molecule has 132 valence electrons. The van der Waals surface area contributed by atoms with Crippen LogP contribution in [0.15, 0.2) is 54.6 Å². The first-order valence-corrected chi connectivity index (χ1v) is 8.94. The van der Waals surface area contributed by atoms with E-state index in [4.69, 9.17) is 4.74 Å². The highest BCUT2D eigenvalue weighted by molar-refractivity contribution is 5.86. The van der Waals surface area contributed by atoms with Crippen molar-refractivity contribution in [2.24, 2.45) is 0 Å². The summed E-state index contributed by atoms with van der Waals surface area (Å²) in [5.41, 5.74) is 3.25. The van der Waals surface area contributed by atoms with Crippen molar-refractivity contribution in [3.8, 4) is 0 Å². The van der Waals surface area contributed by atoms with E-state index in [1.165, 1.54) is 5.56 Å². The summed E-state index contributed by atoms with van der Waals surface area (Å²) < 4.78 is 5.63. The Hall–Kier alpha value is -2.33. The van der Waals surface area contributed by atoms with Gasteiger partial charge in [0, 0.05) is 25.3 Å². The topological polar surface area (TPSA) is 41.6 Å². The van der Waals surface area contributed by atoms with Crippen LogP contribution in [-0.4, -0.2) is 30.2 Å². The average molecular weight is 338 g/mol. The summed E-state index contributed by atoms with van der Waals surface area (Å²) in [7, 11) is 0. The summed E-state index contributed by atoms with van der Waals surface area (Å²) in [4.78, 5) is 14.6. The molecule has 0 saturated carbocycles. The second kappa shape index (κ2) is 8.17. The maximum absolute atomic E-state index is 12.3. The highest BCUT2D eigenvalue weighted by atomic mass is 16.6. The third-order valence-electron chi connectivity index (χ3n) is 4.57. The fraction of sp³-hybridized carbons (Fsp3) is 0.381. The van der Waals surface area contributed by atoms with Crippen molar-refractivity contribution in [2.45, 2.75) is 38.8 Å². The lowest BCUT2D eigenvalue weighted by Crippen LogP contribution is -2.27. The van der Waals surface area contributed by atoms with Gasteiger partial charge in [-0.05, 0) is 29.5 Å². The molecule has 4 nitrogen and oxygen atoms in total. The van der Waals surface area contributed by atoms with E-state index in [2.05, 4.69) is 48.3 Å². The van der Waals surface area contributed by atoms with Crippen molar-refractivity contribution in [2.75, 3.05) is 18.4 Å². The fourth-order valence-corrected chi connectivity index (χ4v) is 3.28. The monoisotopic (exact) mass is 338 g/mol. The third kappa shape index (κ3) is 4.83. The second-order valence-electron chi connectivity index (χ2n) is 6.90. The summed E-state index contributed by atoms with van der Waals surface area (Å²) in [6.45, 7) is 6.87. The number of benzene rings is 2. The minimum Gasteiger partial charge on any atom is -0.445 e. The van der Waals surface area contributed by atoms with E-state index >= 15 is 0 Å². The maximum atomic E-state index is 12.3. The summed E-state index contributed by atoms with van der Waals surface area (Å²) in [5.74, 6) is 0.351. The molecular formula is C21H26N2O2. The second-order valence-corrected chi connectivity index (χ2v) is 6.90. The Bertz CT molecular complexity index is 700. The average Bonchev–Trinajstić information content (AvgIpc) is 3.02. The van der Waals surface area contributed by atoms with Crippen LogP contribution in [-0.2, 0) is 11.3 Å². The predicted molar refractivity (Wildman–Crippen MR) is 101 cm³/mol. The Morgan fingerprint density at radius 3 is 2.64 bits per heavy atom. The number of anilines is 1. The van der Waals surface area contributed by atoms with E-state index in [9.17, 15) is 4.79 Å². The molecular weight excluding hydrogens is 312 g/mol. The number of nitrogens with zero attached hydrogens (tertiary/aromatic N) is 1. The molecule has 1 fully saturated rings. The van der Waals surface area contributed by atoms with E-state index in [-0.39, 0.29) is 12.2 Å². The van der Waals surface area contributed by atoms with E-state index in [0.29, 0.717) is 5.92 Å². The molecule has 4 heteroatoms. The Morgan fingerprint density at radius 1 is 1.16 bits per heavy atom. The van der Waals surface area contributed by atoms with E-state index in [1.54, 1.807) is 0 Å². The number of rotatable bonds is 5. The number of hydrogen-bond donors (Lipinski definition) is 1. The zero-order valence-electron chi connectivity index (χ0n) is 14.9. The van der Waals surface area contributed by atoms with Crippen LogP contribution in [0, 0.1) is 0 Å². The molecule has 0 spiro atoms. The van der Waals surface area contributed by atoms with Gasteiger partial charge in [0.15, 0.2) is 0 Å². The van der Waals surface area contributed by atoms with Crippen LogP contribution in [0.25, 0.3) is 0 Å². The van der Waals surface area contributed by atoms with Gasteiger partial charge in [0.1, 0.15) is 6.10 Å². The van der Waals surface area contributed by atoms with Gasteiger partial charge in [-0.2, -0.15) is 0 Å². The van der Waals surface area contributed by atoms with Gasteiger partial charge in [-0.15, -0.1) is 0 Å². The normalized spacial score (nSPS) is 17.6. The summed E-state index contributed by atoms with van der Waals surface area (Å²) >= 11 is 0. The highest BCUT2D eigenvalue weighted by Gasteiger charge is 2.25. The first-order chi connectivity index (χ1) is 12.1. The lowest BCUT2D eigenvalue weighted by molar-refractivity contribution is 0.113. The third-order valence-corrected chi connectivity index (χ3v) is 4.57. The molecule has 3 rings (SSSR count). The smallest absolute Gasteiger partial charge is 0.411 e. The molecule has 2 aromatic carbocycles. The lowest BCUT2D eigenvalue weighted by atomic mass is 10.0. The van der Waals surface area contributed by atoms with Crippen LogP contribution < -0.4 is 5.32 Å².